The van der Waals surface area contributed by atoms with Crippen LogP contribution in [-0.2, 0) is 21.2 Å². The third-order valence-electron chi connectivity index (χ3n) is 3.46. The second-order valence-corrected chi connectivity index (χ2v) is 6.74. The van der Waals surface area contributed by atoms with Gasteiger partial charge in [0.25, 0.3) is 0 Å². The minimum Gasteiger partial charge on any atom is -0.504 e. The summed E-state index contributed by atoms with van der Waals surface area (Å²) in [6.45, 7) is 7.66. The molecule has 0 radical (unpaired) electrons. The molecule has 0 saturated heterocycles. The first-order valence-corrected chi connectivity index (χ1v) is 8.91. The summed E-state index contributed by atoms with van der Waals surface area (Å²) in [5.74, 6) is -0.694. The Hall–Kier alpha value is -1.60. The molecule has 0 aliphatic rings. The van der Waals surface area contributed by atoms with Gasteiger partial charge >= 0.3 is 0 Å². The quantitative estimate of drug-likeness (QED) is 0.752. The summed E-state index contributed by atoms with van der Waals surface area (Å²) >= 11 is 0. The van der Waals surface area contributed by atoms with Crippen LogP contribution in [0.2, 0.25) is 0 Å². The average Bonchev–Trinajstić information content (AvgIpc) is 2.49. The molecule has 0 bridgehead atoms. The molecule has 0 atom stereocenters. The first-order chi connectivity index (χ1) is 10.3. The van der Waals surface area contributed by atoms with Gasteiger partial charge in [0, 0.05) is 19.5 Å². The molecule has 7 heteroatoms. The number of amides is 1. The van der Waals surface area contributed by atoms with Gasteiger partial charge in [0.15, 0.2) is 5.75 Å². The Labute approximate surface area is 132 Å². The second-order valence-electron chi connectivity index (χ2n) is 4.83. The van der Waals surface area contributed by atoms with Crippen molar-refractivity contribution >= 4 is 21.6 Å². The molecule has 0 aliphatic carbocycles. The van der Waals surface area contributed by atoms with E-state index in [1.165, 1.54) is 10.4 Å². The number of nitrogens with zero attached hydrogens (tertiary/aromatic N) is 1. The second kappa shape index (κ2) is 7.60. The molecule has 6 nitrogen and oxygen atoms in total. The maximum atomic E-state index is 12.6. The molecule has 1 aromatic carbocycles. The molecular weight excluding hydrogens is 304 g/mol. The SMILES string of the molecule is CCC(=O)Nc1cc(CC)cc(S(=O)(=O)N(CC)CC)c1O. The van der Waals surface area contributed by atoms with E-state index in [-0.39, 0.29) is 22.9 Å². The van der Waals surface area contributed by atoms with Crippen molar-refractivity contribution in [2.24, 2.45) is 0 Å². The Morgan fingerprint density at radius 2 is 1.77 bits per heavy atom. The van der Waals surface area contributed by atoms with Crippen molar-refractivity contribution in [2.45, 2.75) is 45.4 Å². The Kier molecular flexibility index (Phi) is 6.37. The highest BCUT2D eigenvalue weighted by molar-refractivity contribution is 7.89. The van der Waals surface area contributed by atoms with Crippen LogP contribution in [0, 0.1) is 0 Å². The number of nitrogens with one attached hydrogen (secondary N) is 1. The van der Waals surface area contributed by atoms with E-state index in [4.69, 9.17) is 0 Å². The van der Waals surface area contributed by atoms with Gasteiger partial charge in [0.2, 0.25) is 15.9 Å². The van der Waals surface area contributed by atoms with Gasteiger partial charge in [0.05, 0.1) is 5.69 Å². The van der Waals surface area contributed by atoms with Crippen molar-refractivity contribution in [3.05, 3.63) is 17.7 Å². The molecule has 1 aromatic rings. The molecule has 0 saturated carbocycles. The average molecular weight is 328 g/mol. The third-order valence-corrected chi connectivity index (χ3v) is 5.52. The molecule has 0 fully saturated rings. The number of phenols is 1. The molecule has 0 aromatic heterocycles. The zero-order chi connectivity index (χ0) is 16.9. The van der Waals surface area contributed by atoms with E-state index in [0.717, 1.165) is 5.56 Å². The van der Waals surface area contributed by atoms with Crippen LogP contribution in [0.15, 0.2) is 17.0 Å². The highest BCUT2D eigenvalue weighted by Gasteiger charge is 2.27. The van der Waals surface area contributed by atoms with Crippen LogP contribution in [0.4, 0.5) is 5.69 Å². The zero-order valence-electron chi connectivity index (χ0n) is 13.5. The highest BCUT2D eigenvalue weighted by atomic mass is 32.2. The first-order valence-electron chi connectivity index (χ1n) is 7.47. The van der Waals surface area contributed by atoms with Crippen LogP contribution >= 0.6 is 0 Å². The van der Waals surface area contributed by atoms with Crippen molar-refractivity contribution in [3.63, 3.8) is 0 Å². The first kappa shape index (κ1) is 18.4. The minimum atomic E-state index is -3.80. The molecular formula is C15H24N2O4S. The number of sulfonamides is 1. The lowest BCUT2D eigenvalue weighted by Crippen LogP contribution is -2.30. The fourth-order valence-electron chi connectivity index (χ4n) is 2.10. The fraction of sp³-hybridized carbons (Fsp3) is 0.533. The van der Waals surface area contributed by atoms with E-state index in [2.05, 4.69) is 5.32 Å². The van der Waals surface area contributed by atoms with E-state index in [9.17, 15) is 18.3 Å². The normalized spacial score (nSPS) is 11.7. The number of carbonyl (C=O) groups excluding carboxylic acids is 1. The smallest absolute Gasteiger partial charge is 0.246 e. The predicted octanol–water partition coefficient (Wildman–Crippen LogP) is 2.33. The molecule has 1 rings (SSSR count). The molecule has 0 aliphatic heterocycles. The zero-order valence-corrected chi connectivity index (χ0v) is 14.3. The van der Waals surface area contributed by atoms with Crippen LogP contribution in [0.1, 0.15) is 39.7 Å². The summed E-state index contributed by atoms with van der Waals surface area (Å²) in [4.78, 5) is 11.4. The number of aryl methyl sites for hydroxylation is 1. The minimum absolute atomic E-state index is 0.136. The lowest BCUT2D eigenvalue weighted by molar-refractivity contribution is -0.115. The number of hydrogen-bond acceptors (Lipinski definition) is 4. The molecule has 2 N–H and O–H groups in total. The van der Waals surface area contributed by atoms with Gasteiger partial charge in [-0.1, -0.05) is 27.7 Å². The summed E-state index contributed by atoms with van der Waals surface area (Å²) in [6, 6.07) is 3.06. The Morgan fingerprint density at radius 1 is 1.18 bits per heavy atom. The fourth-order valence-corrected chi connectivity index (χ4v) is 3.71. The third kappa shape index (κ3) is 3.78. The number of aromatic hydroxyl groups is 1. The maximum Gasteiger partial charge on any atom is 0.246 e. The lowest BCUT2D eigenvalue weighted by Gasteiger charge is -2.21. The van der Waals surface area contributed by atoms with Crippen molar-refractivity contribution < 1.29 is 18.3 Å². The van der Waals surface area contributed by atoms with Crippen molar-refractivity contribution in [1.82, 2.24) is 4.31 Å². The highest BCUT2D eigenvalue weighted by Crippen LogP contribution is 2.34. The van der Waals surface area contributed by atoms with Gasteiger partial charge in [-0.05, 0) is 24.1 Å². The van der Waals surface area contributed by atoms with E-state index >= 15 is 0 Å². The van der Waals surface area contributed by atoms with Gasteiger partial charge in [0.1, 0.15) is 4.90 Å². The van der Waals surface area contributed by atoms with E-state index < -0.39 is 15.8 Å². The molecule has 22 heavy (non-hydrogen) atoms. The Morgan fingerprint density at radius 3 is 2.23 bits per heavy atom. The van der Waals surface area contributed by atoms with Crippen LogP contribution in [0.25, 0.3) is 0 Å². The summed E-state index contributed by atoms with van der Waals surface area (Å²) in [5.41, 5.74) is 0.867. The van der Waals surface area contributed by atoms with E-state index in [0.29, 0.717) is 19.5 Å². The standard InChI is InChI=1S/C15H24N2O4S/c1-5-11-9-12(16-14(18)6-2)15(19)13(10-11)22(20,21)17(7-3)8-4/h9-10,19H,5-8H2,1-4H3,(H,16,18). The number of carbonyl (C=O) groups is 1. The molecule has 124 valence electrons. The predicted molar refractivity (Wildman–Crippen MR) is 86.5 cm³/mol. The number of hydrogen-bond donors (Lipinski definition) is 2. The topological polar surface area (TPSA) is 86.7 Å². The van der Waals surface area contributed by atoms with Crippen LogP contribution in [0.3, 0.4) is 0 Å². The Bertz CT molecular complexity index is 637. The maximum absolute atomic E-state index is 12.6. The van der Waals surface area contributed by atoms with Crippen LogP contribution in [0.5, 0.6) is 5.75 Å². The van der Waals surface area contributed by atoms with Crippen LogP contribution in [-0.4, -0.2) is 36.8 Å². The van der Waals surface area contributed by atoms with Crippen LogP contribution < -0.4 is 5.32 Å². The van der Waals surface area contributed by atoms with E-state index in [1.54, 1.807) is 26.8 Å². The molecule has 0 unspecified atom stereocenters. The van der Waals surface area contributed by atoms with Gasteiger partial charge in [-0.2, -0.15) is 4.31 Å². The number of benzene rings is 1. The van der Waals surface area contributed by atoms with E-state index in [1.807, 2.05) is 6.92 Å². The molecule has 0 spiro atoms. The van der Waals surface area contributed by atoms with Crippen molar-refractivity contribution in [3.8, 4) is 5.75 Å². The summed E-state index contributed by atoms with van der Waals surface area (Å²) in [7, 11) is -3.80. The number of phenolic OH excluding ortho intramolecular Hbond substituents is 1. The summed E-state index contributed by atoms with van der Waals surface area (Å²) in [6.07, 6.45) is 0.837. The van der Waals surface area contributed by atoms with Gasteiger partial charge in [-0.15, -0.1) is 0 Å². The van der Waals surface area contributed by atoms with Crippen molar-refractivity contribution in [2.75, 3.05) is 18.4 Å². The number of rotatable bonds is 7. The molecule has 0 heterocycles. The van der Waals surface area contributed by atoms with Gasteiger partial charge < -0.3 is 10.4 Å². The summed E-state index contributed by atoms with van der Waals surface area (Å²) < 4.78 is 26.6. The number of anilines is 1. The molecule has 1 amide bonds. The largest absolute Gasteiger partial charge is 0.504 e. The Balaban J connectivity index is 3.47. The van der Waals surface area contributed by atoms with Gasteiger partial charge in [-0.3, -0.25) is 4.79 Å². The van der Waals surface area contributed by atoms with Gasteiger partial charge in [-0.25, -0.2) is 8.42 Å². The summed E-state index contributed by atoms with van der Waals surface area (Å²) in [5, 5.41) is 12.9. The van der Waals surface area contributed by atoms with Crippen molar-refractivity contribution in [1.29, 1.82) is 0 Å². The lowest BCUT2D eigenvalue weighted by atomic mass is 10.1. The monoisotopic (exact) mass is 328 g/mol.